The SMILES string of the molecule is CC(=O)Nc1ncnc2[nH][nH]c12. The summed E-state index contributed by atoms with van der Waals surface area (Å²) in [6.07, 6.45) is 1.39. The van der Waals surface area contributed by atoms with Crippen LogP contribution in [-0.4, -0.2) is 26.1 Å². The van der Waals surface area contributed by atoms with Crippen molar-refractivity contribution in [3.05, 3.63) is 6.33 Å². The largest absolute Gasteiger partial charge is 0.309 e. The molecular formula is C6H7N5O. The van der Waals surface area contributed by atoms with Gasteiger partial charge < -0.3 is 5.32 Å². The summed E-state index contributed by atoms with van der Waals surface area (Å²) in [5.74, 6) is 0.357. The van der Waals surface area contributed by atoms with Gasteiger partial charge in [0.15, 0.2) is 11.5 Å². The van der Waals surface area contributed by atoms with E-state index in [-0.39, 0.29) is 5.91 Å². The molecule has 0 aliphatic heterocycles. The number of nitrogens with zero attached hydrogens (tertiary/aromatic N) is 2. The first-order valence-corrected chi connectivity index (χ1v) is 3.42. The predicted octanol–water partition coefficient (Wildman–Crippen LogP) is 0.244. The summed E-state index contributed by atoms with van der Waals surface area (Å²) in [6, 6.07) is 0. The van der Waals surface area contributed by atoms with Gasteiger partial charge in [0.25, 0.3) is 0 Å². The van der Waals surface area contributed by atoms with Crippen LogP contribution in [0.15, 0.2) is 6.33 Å². The maximum Gasteiger partial charge on any atom is 0.222 e. The van der Waals surface area contributed by atoms with Crippen LogP contribution in [0.4, 0.5) is 5.82 Å². The molecule has 1 amide bonds. The highest BCUT2D eigenvalue weighted by molar-refractivity contribution is 5.95. The Hall–Kier alpha value is -1.85. The summed E-state index contributed by atoms with van der Waals surface area (Å²) in [5.41, 5.74) is 1.43. The lowest BCUT2D eigenvalue weighted by molar-refractivity contribution is -0.114. The molecule has 6 heteroatoms. The van der Waals surface area contributed by atoms with Crippen LogP contribution >= 0.6 is 0 Å². The van der Waals surface area contributed by atoms with Crippen LogP contribution in [0.3, 0.4) is 0 Å². The third-order valence-electron chi connectivity index (χ3n) is 1.45. The Morgan fingerprint density at radius 2 is 2.33 bits per heavy atom. The predicted molar refractivity (Wildman–Crippen MR) is 42.5 cm³/mol. The van der Waals surface area contributed by atoms with E-state index in [0.29, 0.717) is 11.5 Å². The second-order valence-corrected chi connectivity index (χ2v) is 2.38. The first-order valence-electron chi connectivity index (χ1n) is 3.42. The molecule has 6 nitrogen and oxygen atoms in total. The number of anilines is 1. The summed E-state index contributed by atoms with van der Waals surface area (Å²) in [4.78, 5) is 18.5. The molecule has 0 aromatic carbocycles. The molecule has 0 saturated carbocycles. The van der Waals surface area contributed by atoms with Gasteiger partial charge in [0.1, 0.15) is 11.8 Å². The zero-order chi connectivity index (χ0) is 8.55. The fourth-order valence-electron chi connectivity index (χ4n) is 0.919. The van der Waals surface area contributed by atoms with E-state index in [0.717, 1.165) is 5.52 Å². The third kappa shape index (κ3) is 0.931. The second-order valence-electron chi connectivity index (χ2n) is 2.38. The van der Waals surface area contributed by atoms with Crippen molar-refractivity contribution >= 4 is 22.9 Å². The molecule has 0 saturated heterocycles. The number of hydrogen-bond acceptors (Lipinski definition) is 3. The molecule has 3 N–H and O–H groups in total. The number of nitrogens with one attached hydrogen (secondary N) is 3. The summed E-state index contributed by atoms with van der Waals surface area (Å²) in [6.45, 7) is 1.43. The standard InChI is InChI=1S/C6H7N5O/c1-3(12)9-5-4-6(11-10-4)8-2-7-5/h2,10H,1H3,(H2,7,8,9,11,12). The smallest absolute Gasteiger partial charge is 0.222 e. The molecule has 2 heterocycles. The van der Waals surface area contributed by atoms with Gasteiger partial charge in [-0.25, -0.2) is 9.97 Å². The number of rotatable bonds is 1. The number of aromatic nitrogens is 4. The molecule has 2 aromatic rings. The Bertz CT molecular complexity index is 414. The molecule has 0 radical (unpaired) electrons. The van der Waals surface area contributed by atoms with E-state index in [9.17, 15) is 4.79 Å². The van der Waals surface area contributed by atoms with Crippen molar-refractivity contribution in [2.45, 2.75) is 6.92 Å². The lowest BCUT2D eigenvalue weighted by Gasteiger charge is -2.06. The Morgan fingerprint density at radius 1 is 1.50 bits per heavy atom. The van der Waals surface area contributed by atoms with Gasteiger partial charge in [-0.05, 0) is 0 Å². The number of carbonyl (C=O) groups excluding carboxylic acids is 1. The van der Waals surface area contributed by atoms with E-state index in [1.54, 1.807) is 0 Å². The van der Waals surface area contributed by atoms with E-state index < -0.39 is 0 Å². The van der Waals surface area contributed by atoms with E-state index in [1.165, 1.54) is 13.3 Å². The molecular weight excluding hydrogens is 158 g/mol. The van der Waals surface area contributed by atoms with Gasteiger partial charge in [-0.1, -0.05) is 0 Å². The molecule has 0 spiro atoms. The van der Waals surface area contributed by atoms with Crippen LogP contribution in [0.1, 0.15) is 6.92 Å². The van der Waals surface area contributed by atoms with Crippen LogP contribution in [0.5, 0.6) is 0 Å². The number of carbonyl (C=O) groups is 1. The topological polar surface area (TPSA) is 86.5 Å². The minimum Gasteiger partial charge on any atom is -0.309 e. The van der Waals surface area contributed by atoms with Crippen molar-refractivity contribution in [1.29, 1.82) is 0 Å². The Labute approximate surface area is 67.4 Å². The van der Waals surface area contributed by atoms with Crippen molar-refractivity contribution < 1.29 is 4.79 Å². The van der Waals surface area contributed by atoms with E-state index >= 15 is 0 Å². The van der Waals surface area contributed by atoms with Gasteiger partial charge in [0.05, 0.1) is 0 Å². The van der Waals surface area contributed by atoms with Crippen molar-refractivity contribution in [2.24, 2.45) is 0 Å². The zero-order valence-corrected chi connectivity index (χ0v) is 6.38. The number of fused-ring (bicyclic) bond motifs is 1. The van der Waals surface area contributed by atoms with E-state index in [1.807, 2.05) is 0 Å². The minimum atomic E-state index is -0.149. The van der Waals surface area contributed by atoms with Gasteiger partial charge >= 0.3 is 0 Å². The summed E-state index contributed by atoms with van der Waals surface area (Å²) < 4.78 is 0. The molecule has 62 valence electrons. The lowest BCUT2D eigenvalue weighted by atomic mass is 10.4. The van der Waals surface area contributed by atoms with E-state index in [4.69, 9.17) is 0 Å². The average Bonchev–Trinajstić information content (AvgIpc) is 1.91. The highest BCUT2D eigenvalue weighted by Gasteiger charge is 2.06. The van der Waals surface area contributed by atoms with Crippen molar-refractivity contribution in [3.63, 3.8) is 0 Å². The third-order valence-corrected chi connectivity index (χ3v) is 1.45. The molecule has 2 aromatic heterocycles. The number of aromatic amines is 2. The second kappa shape index (κ2) is 2.33. The first-order chi connectivity index (χ1) is 5.77. The summed E-state index contributed by atoms with van der Waals surface area (Å²) >= 11 is 0. The van der Waals surface area contributed by atoms with Crippen LogP contribution < -0.4 is 5.32 Å². The molecule has 0 bridgehead atoms. The molecule has 0 aliphatic rings. The first kappa shape index (κ1) is 6.84. The zero-order valence-electron chi connectivity index (χ0n) is 6.38. The van der Waals surface area contributed by atoms with E-state index in [2.05, 4.69) is 25.5 Å². The highest BCUT2D eigenvalue weighted by Crippen LogP contribution is 2.14. The Kier molecular flexibility index (Phi) is 1.33. The summed E-state index contributed by atoms with van der Waals surface area (Å²) in [7, 11) is 0. The maximum atomic E-state index is 10.7. The lowest BCUT2D eigenvalue weighted by Crippen LogP contribution is -2.10. The highest BCUT2D eigenvalue weighted by atomic mass is 16.1. The minimum absolute atomic E-state index is 0.149. The van der Waals surface area contributed by atoms with Gasteiger partial charge in [-0.15, -0.1) is 0 Å². The van der Waals surface area contributed by atoms with Crippen molar-refractivity contribution in [2.75, 3.05) is 5.32 Å². The van der Waals surface area contributed by atoms with Gasteiger partial charge in [0, 0.05) is 6.92 Å². The number of amides is 1. The number of H-pyrrole nitrogens is 2. The molecule has 0 atom stereocenters. The van der Waals surface area contributed by atoms with Crippen LogP contribution in [0, 0.1) is 0 Å². The van der Waals surface area contributed by atoms with Crippen LogP contribution in [0.25, 0.3) is 11.2 Å². The van der Waals surface area contributed by atoms with Crippen LogP contribution in [-0.2, 0) is 4.79 Å². The Morgan fingerprint density at radius 3 is 2.92 bits per heavy atom. The molecule has 2 rings (SSSR count). The van der Waals surface area contributed by atoms with Crippen molar-refractivity contribution in [3.8, 4) is 0 Å². The normalized spacial score (nSPS) is 10.4. The van der Waals surface area contributed by atoms with Gasteiger partial charge in [0.2, 0.25) is 5.91 Å². The Balaban J connectivity index is 2.43. The molecule has 0 unspecified atom stereocenters. The maximum absolute atomic E-state index is 10.7. The fourth-order valence-corrected chi connectivity index (χ4v) is 0.919. The molecule has 0 fully saturated rings. The average molecular weight is 165 g/mol. The molecule has 0 aliphatic carbocycles. The molecule has 12 heavy (non-hydrogen) atoms. The summed E-state index contributed by atoms with van der Waals surface area (Å²) in [5, 5.41) is 8.10. The number of hydrogen-bond donors (Lipinski definition) is 3. The van der Waals surface area contributed by atoms with Crippen LogP contribution in [0.2, 0.25) is 0 Å². The van der Waals surface area contributed by atoms with Gasteiger partial charge in [-0.3, -0.25) is 15.0 Å². The van der Waals surface area contributed by atoms with Gasteiger partial charge in [-0.2, -0.15) is 0 Å². The van der Waals surface area contributed by atoms with Crippen molar-refractivity contribution in [1.82, 2.24) is 20.2 Å². The monoisotopic (exact) mass is 165 g/mol. The quantitative estimate of drug-likeness (QED) is 0.565. The fraction of sp³-hybridized carbons (Fsp3) is 0.167.